The number of piperidine rings is 1. The van der Waals surface area contributed by atoms with Crippen LogP contribution in [0.1, 0.15) is 33.1 Å². The first-order valence-electron chi connectivity index (χ1n) is 4.98. The third-order valence-electron chi connectivity index (χ3n) is 2.56. The van der Waals surface area contributed by atoms with Crippen molar-refractivity contribution in [1.82, 2.24) is 5.32 Å². The van der Waals surface area contributed by atoms with Crippen molar-refractivity contribution in [2.24, 2.45) is 5.92 Å². The monoisotopic (exact) mass is 171 g/mol. The van der Waals surface area contributed by atoms with Gasteiger partial charge in [-0.3, -0.25) is 0 Å². The van der Waals surface area contributed by atoms with E-state index in [-0.39, 0.29) is 0 Å². The molecule has 0 spiro atoms. The summed E-state index contributed by atoms with van der Waals surface area (Å²) in [6.45, 7) is 5.60. The fourth-order valence-corrected chi connectivity index (χ4v) is 1.86. The molecular formula is C10H21NO. The second kappa shape index (κ2) is 4.83. The molecule has 12 heavy (non-hydrogen) atoms. The molecule has 0 aliphatic carbocycles. The van der Waals surface area contributed by atoms with Crippen LogP contribution in [0.3, 0.4) is 0 Å². The first kappa shape index (κ1) is 10.0. The molecule has 0 aromatic rings. The van der Waals surface area contributed by atoms with E-state index in [1.54, 1.807) is 7.11 Å². The fourth-order valence-electron chi connectivity index (χ4n) is 1.86. The van der Waals surface area contributed by atoms with Gasteiger partial charge in [0.15, 0.2) is 0 Å². The maximum Gasteiger partial charge on any atom is 0.0696 e. The Balaban J connectivity index is 2.17. The molecule has 0 radical (unpaired) electrons. The van der Waals surface area contributed by atoms with Gasteiger partial charge in [0.25, 0.3) is 0 Å². The molecule has 0 aromatic heterocycles. The Morgan fingerprint density at radius 3 is 2.58 bits per heavy atom. The summed E-state index contributed by atoms with van der Waals surface area (Å²) in [4.78, 5) is 0. The van der Waals surface area contributed by atoms with Crippen LogP contribution in [0.15, 0.2) is 0 Å². The summed E-state index contributed by atoms with van der Waals surface area (Å²) in [5, 5.41) is 3.53. The lowest BCUT2D eigenvalue weighted by atomic mass is 9.95. The predicted octanol–water partition coefficient (Wildman–Crippen LogP) is 1.80. The quantitative estimate of drug-likeness (QED) is 0.699. The van der Waals surface area contributed by atoms with Crippen LogP contribution in [0.2, 0.25) is 0 Å². The maximum absolute atomic E-state index is 5.28. The normalized spacial score (nSPS) is 31.0. The summed E-state index contributed by atoms with van der Waals surface area (Å²) in [6, 6.07) is 0.733. The summed E-state index contributed by atoms with van der Waals surface area (Å²) in [6.07, 6.45) is 4.25. The Bertz CT molecular complexity index is 117. The topological polar surface area (TPSA) is 21.3 Å². The van der Waals surface area contributed by atoms with E-state index in [0.29, 0.717) is 6.10 Å². The zero-order valence-electron chi connectivity index (χ0n) is 8.47. The van der Waals surface area contributed by atoms with E-state index in [0.717, 1.165) is 18.5 Å². The fraction of sp³-hybridized carbons (Fsp3) is 1.00. The van der Waals surface area contributed by atoms with Gasteiger partial charge in [0, 0.05) is 19.7 Å². The number of ether oxygens (including phenoxy) is 1. The molecule has 1 saturated heterocycles. The van der Waals surface area contributed by atoms with E-state index in [1.807, 2.05) is 0 Å². The molecule has 2 atom stereocenters. The average Bonchev–Trinajstić information content (AvgIpc) is 2.05. The first-order chi connectivity index (χ1) is 5.72. The zero-order valence-corrected chi connectivity index (χ0v) is 8.47. The number of nitrogens with one attached hydrogen (secondary N) is 1. The molecule has 2 heteroatoms. The number of hydrogen-bond acceptors (Lipinski definition) is 2. The molecule has 1 heterocycles. The minimum atomic E-state index is 0.452. The second-order valence-electron chi connectivity index (χ2n) is 4.17. The van der Waals surface area contributed by atoms with Crippen molar-refractivity contribution in [1.29, 1.82) is 0 Å². The van der Waals surface area contributed by atoms with Crippen LogP contribution in [0.25, 0.3) is 0 Å². The van der Waals surface area contributed by atoms with Crippen LogP contribution in [-0.2, 0) is 4.74 Å². The first-order valence-corrected chi connectivity index (χ1v) is 4.98. The molecule has 1 aliphatic heterocycles. The van der Waals surface area contributed by atoms with E-state index in [2.05, 4.69) is 19.2 Å². The van der Waals surface area contributed by atoms with Gasteiger partial charge >= 0.3 is 0 Å². The standard InChI is InChI=1S/C10H21NO/c1-8(2)6-9-4-5-10(12-3)7-11-9/h8-11H,4-7H2,1-3H3. The SMILES string of the molecule is COC1CCC(CC(C)C)NC1. The molecular weight excluding hydrogens is 150 g/mol. The third-order valence-corrected chi connectivity index (χ3v) is 2.56. The van der Waals surface area contributed by atoms with E-state index >= 15 is 0 Å². The van der Waals surface area contributed by atoms with Crippen molar-refractivity contribution in [2.45, 2.75) is 45.3 Å². The lowest BCUT2D eigenvalue weighted by molar-refractivity contribution is 0.0680. The summed E-state index contributed by atoms with van der Waals surface area (Å²) in [5.74, 6) is 0.807. The molecule has 2 unspecified atom stereocenters. The summed E-state index contributed by atoms with van der Waals surface area (Å²) < 4.78 is 5.28. The van der Waals surface area contributed by atoms with Crippen LogP contribution in [0.5, 0.6) is 0 Å². The highest BCUT2D eigenvalue weighted by atomic mass is 16.5. The predicted molar refractivity (Wildman–Crippen MR) is 51.3 cm³/mol. The van der Waals surface area contributed by atoms with Crippen molar-refractivity contribution in [3.8, 4) is 0 Å². The van der Waals surface area contributed by atoms with Crippen molar-refractivity contribution in [3.63, 3.8) is 0 Å². The Morgan fingerprint density at radius 1 is 1.42 bits per heavy atom. The van der Waals surface area contributed by atoms with Gasteiger partial charge in [0.05, 0.1) is 6.10 Å². The van der Waals surface area contributed by atoms with Gasteiger partial charge in [-0.2, -0.15) is 0 Å². The lowest BCUT2D eigenvalue weighted by Gasteiger charge is -2.29. The Hall–Kier alpha value is -0.0800. The second-order valence-corrected chi connectivity index (χ2v) is 4.17. The molecule has 1 rings (SSSR count). The van der Waals surface area contributed by atoms with Crippen LogP contribution < -0.4 is 5.32 Å². The maximum atomic E-state index is 5.28. The molecule has 1 N–H and O–H groups in total. The van der Waals surface area contributed by atoms with Gasteiger partial charge in [-0.15, -0.1) is 0 Å². The van der Waals surface area contributed by atoms with E-state index < -0.39 is 0 Å². The zero-order chi connectivity index (χ0) is 8.97. The van der Waals surface area contributed by atoms with Crippen molar-refractivity contribution in [3.05, 3.63) is 0 Å². The van der Waals surface area contributed by atoms with Crippen molar-refractivity contribution >= 4 is 0 Å². The third kappa shape index (κ3) is 3.11. The highest BCUT2D eigenvalue weighted by molar-refractivity contribution is 4.78. The average molecular weight is 171 g/mol. The molecule has 0 amide bonds. The van der Waals surface area contributed by atoms with Crippen LogP contribution >= 0.6 is 0 Å². The molecule has 1 aliphatic rings. The van der Waals surface area contributed by atoms with Crippen molar-refractivity contribution < 1.29 is 4.74 Å². The Kier molecular flexibility index (Phi) is 4.02. The summed E-state index contributed by atoms with van der Waals surface area (Å²) in [5.41, 5.74) is 0. The van der Waals surface area contributed by atoms with Gasteiger partial charge in [0.1, 0.15) is 0 Å². The molecule has 72 valence electrons. The van der Waals surface area contributed by atoms with Gasteiger partial charge in [-0.25, -0.2) is 0 Å². The van der Waals surface area contributed by atoms with E-state index in [1.165, 1.54) is 19.3 Å². The molecule has 2 nitrogen and oxygen atoms in total. The van der Waals surface area contributed by atoms with Gasteiger partial charge in [-0.05, 0) is 25.2 Å². The smallest absolute Gasteiger partial charge is 0.0696 e. The highest BCUT2D eigenvalue weighted by Gasteiger charge is 2.20. The van der Waals surface area contributed by atoms with Crippen LogP contribution in [0, 0.1) is 5.92 Å². The number of methoxy groups -OCH3 is 1. The summed E-state index contributed by atoms with van der Waals surface area (Å²) in [7, 11) is 1.80. The Morgan fingerprint density at radius 2 is 2.17 bits per heavy atom. The van der Waals surface area contributed by atoms with Gasteiger partial charge in [0.2, 0.25) is 0 Å². The number of hydrogen-bond donors (Lipinski definition) is 1. The van der Waals surface area contributed by atoms with Gasteiger partial charge in [-0.1, -0.05) is 13.8 Å². The van der Waals surface area contributed by atoms with Gasteiger partial charge < -0.3 is 10.1 Å². The highest BCUT2D eigenvalue weighted by Crippen LogP contribution is 2.16. The minimum absolute atomic E-state index is 0.452. The minimum Gasteiger partial charge on any atom is -0.380 e. The lowest BCUT2D eigenvalue weighted by Crippen LogP contribution is -2.42. The van der Waals surface area contributed by atoms with E-state index in [9.17, 15) is 0 Å². The largest absolute Gasteiger partial charge is 0.380 e. The Labute approximate surface area is 75.7 Å². The summed E-state index contributed by atoms with van der Waals surface area (Å²) >= 11 is 0. The van der Waals surface area contributed by atoms with Crippen LogP contribution in [0.4, 0.5) is 0 Å². The molecule has 1 fully saturated rings. The van der Waals surface area contributed by atoms with Crippen molar-refractivity contribution in [2.75, 3.05) is 13.7 Å². The molecule has 0 aromatic carbocycles. The molecule has 0 saturated carbocycles. The van der Waals surface area contributed by atoms with Crippen LogP contribution in [-0.4, -0.2) is 25.8 Å². The van der Waals surface area contributed by atoms with E-state index in [4.69, 9.17) is 4.74 Å². The molecule has 0 bridgehead atoms. The number of rotatable bonds is 3.